The third kappa shape index (κ3) is 3.03. The lowest BCUT2D eigenvalue weighted by Crippen LogP contribution is -2.29. The average molecular weight is 334 g/mol. The second-order valence-corrected chi connectivity index (χ2v) is 6.23. The van der Waals surface area contributed by atoms with Crippen LogP contribution in [-0.4, -0.2) is 39.0 Å². The number of aryl methyl sites for hydroxylation is 1. The lowest BCUT2D eigenvalue weighted by Gasteiger charge is -2.16. The van der Waals surface area contributed by atoms with Crippen LogP contribution in [0, 0.1) is 6.92 Å². The van der Waals surface area contributed by atoms with Crippen LogP contribution in [0.1, 0.15) is 39.6 Å². The molecule has 3 aromatic rings. The first-order valence-corrected chi connectivity index (χ1v) is 8.28. The first kappa shape index (κ1) is 15.5. The molecule has 3 heterocycles. The minimum Gasteiger partial charge on any atom is -0.339 e. The monoisotopic (exact) mass is 334 g/mol. The zero-order valence-corrected chi connectivity index (χ0v) is 13.9. The van der Waals surface area contributed by atoms with Crippen molar-refractivity contribution in [2.45, 2.75) is 18.8 Å². The number of carbonyl (C=O) groups is 1. The average Bonchev–Trinajstić information content (AvgIpc) is 3.29. The van der Waals surface area contributed by atoms with E-state index >= 15 is 0 Å². The number of pyridine rings is 1. The van der Waals surface area contributed by atoms with Gasteiger partial charge in [-0.25, -0.2) is 0 Å². The van der Waals surface area contributed by atoms with E-state index in [0.717, 1.165) is 0 Å². The van der Waals surface area contributed by atoms with Gasteiger partial charge in [-0.05, 0) is 24.6 Å². The first-order chi connectivity index (χ1) is 12.2. The van der Waals surface area contributed by atoms with E-state index in [9.17, 15) is 4.79 Å². The maximum absolute atomic E-state index is 12.8. The second kappa shape index (κ2) is 6.47. The van der Waals surface area contributed by atoms with E-state index in [1.165, 1.54) is 5.56 Å². The van der Waals surface area contributed by atoms with Crippen molar-refractivity contribution in [3.05, 3.63) is 77.7 Å². The molecule has 0 unspecified atom stereocenters. The van der Waals surface area contributed by atoms with Crippen molar-refractivity contribution in [1.82, 2.24) is 20.0 Å². The van der Waals surface area contributed by atoms with Crippen LogP contribution in [0.4, 0.5) is 0 Å². The molecule has 2 atom stereocenters. The Labute approximate surface area is 145 Å². The molecule has 1 aliphatic heterocycles. The number of carbonyl (C=O) groups excluding carboxylic acids is 1. The Morgan fingerprint density at radius 2 is 1.84 bits per heavy atom. The molecule has 0 bridgehead atoms. The van der Waals surface area contributed by atoms with Gasteiger partial charge < -0.3 is 9.42 Å². The third-order valence-corrected chi connectivity index (χ3v) is 4.58. The standard InChI is InChI=1S/C19H18N4O2/c1-13-21-18(25-22-13)16-12-23(19(24)17-9-5-6-10-20-17)11-15(16)14-7-3-2-4-8-14/h2-10,15-16H,11-12H2,1H3/t15-,16-/m1/s1. The van der Waals surface area contributed by atoms with Crippen LogP contribution in [0.15, 0.2) is 59.3 Å². The van der Waals surface area contributed by atoms with Crippen LogP contribution in [0.3, 0.4) is 0 Å². The number of hydrogen-bond donors (Lipinski definition) is 0. The highest BCUT2D eigenvalue weighted by molar-refractivity contribution is 5.92. The molecule has 4 rings (SSSR count). The third-order valence-electron chi connectivity index (χ3n) is 4.58. The topological polar surface area (TPSA) is 72.1 Å². The van der Waals surface area contributed by atoms with Crippen molar-refractivity contribution < 1.29 is 9.32 Å². The Morgan fingerprint density at radius 3 is 2.52 bits per heavy atom. The molecule has 0 saturated carbocycles. The normalized spacial score (nSPS) is 20.0. The van der Waals surface area contributed by atoms with Gasteiger partial charge in [-0.3, -0.25) is 9.78 Å². The molecule has 6 heteroatoms. The SMILES string of the molecule is Cc1noc([C@@H]2CN(C(=O)c3ccccn3)C[C@@H]2c2ccccc2)n1. The number of nitrogens with zero attached hydrogens (tertiary/aromatic N) is 4. The molecule has 126 valence electrons. The molecule has 25 heavy (non-hydrogen) atoms. The highest BCUT2D eigenvalue weighted by Gasteiger charge is 2.40. The summed E-state index contributed by atoms with van der Waals surface area (Å²) in [6.45, 7) is 2.94. The zero-order chi connectivity index (χ0) is 17.2. The van der Waals surface area contributed by atoms with Gasteiger partial charge in [0.05, 0.1) is 5.92 Å². The van der Waals surface area contributed by atoms with Gasteiger partial charge in [0.15, 0.2) is 5.82 Å². The zero-order valence-electron chi connectivity index (χ0n) is 13.9. The second-order valence-electron chi connectivity index (χ2n) is 6.23. The molecule has 0 aliphatic carbocycles. The summed E-state index contributed by atoms with van der Waals surface area (Å²) >= 11 is 0. The summed E-state index contributed by atoms with van der Waals surface area (Å²) in [4.78, 5) is 23.2. The summed E-state index contributed by atoms with van der Waals surface area (Å²) in [5.41, 5.74) is 1.62. The summed E-state index contributed by atoms with van der Waals surface area (Å²) in [5.74, 6) is 1.23. The van der Waals surface area contributed by atoms with Gasteiger partial charge in [0.2, 0.25) is 5.89 Å². The number of aromatic nitrogens is 3. The van der Waals surface area contributed by atoms with Gasteiger partial charge in [-0.1, -0.05) is 41.6 Å². The van der Waals surface area contributed by atoms with Crippen molar-refractivity contribution in [2.75, 3.05) is 13.1 Å². The van der Waals surface area contributed by atoms with E-state index in [0.29, 0.717) is 30.5 Å². The largest absolute Gasteiger partial charge is 0.339 e. The van der Waals surface area contributed by atoms with Crippen LogP contribution >= 0.6 is 0 Å². The molecule has 1 amide bonds. The van der Waals surface area contributed by atoms with Gasteiger partial charge in [0, 0.05) is 25.2 Å². The Bertz CT molecular complexity index is 863. The number of rotatable bonds is 3. The van der Waals surface area contributed by atoms with E-state index in [1.54, 1.807) is 25.3 Å². The van der Waals surface area contributed by atoms with Gasteiger partial charge >= 0.3 is 0 Å². The van der Waals surface area contributed by atoms with Crippen LogP contribution in [-0.2, 0) is 0 Å². The molecular formula is C19H18N4O2. The lowest BCUT2D eigenvalue weighted by atomic mass is 9.89. The molecule has 6 nitrogen and oxygen atoms in total. The van der Waals surface area contributed by atoms with E-state index in [4.69, 9.17) is 4.52 Å². The maximum Gasteiger partial charge on any atom is 0.272 e. The van der Waals surface area contributed by atoms with Crippen molar-refractivity contribution >= 4 is 5.91 Å². The van der Waals surface area contributed by atoms with Crippen LogP contribution in [0.2, 0.25) is 0 Å². The molecule has 0 spiro atoms. The van der Waals surface area contributed by atoms with Crippen LogP contribution < -0.4 is 0 Å². The molecule has 1 aliphatic rings. The fourth-order valence-corrected chi connectivity index (χ4v) is 3.37. The molecular weight excluding hydrogens is 316 g/mol. The first-order valence-electron chi connectivity index (χ1n) is 8.28. The number of benzene rings is 1. The van der Waals surface area contributed by atoms with Crippen LogP contribution in [0.25, 0.3) is 0 Å². The predicted molar refractivity (Wildman–Crippen MR) is 91.1 cm³/mol. The predicted octanol–water partition coefficient (Wildman–Crippen LogP) is 2.80. The van der Waals surface area contributed by atoms with Gasteiger partial charge in [-0.2, -0.15) is 4.98 Å². The Morgan fingerprint density at radius 1 is 1.08 bits per heavy atom. The number of amides is 1. The maximum atomic E-state index is 12.8. The summed E-state index contributed by atoms with van der Waals surface area (Å²) in [6.07, 6.45) is 1.64. The summed E-state index contributed by atoms with van der Waals surface area (Å²) < 4.78 is 5.42. The Balaban J connectivity index is 1.66. The molecule has 1 fully saturated rings. The number of hydrogen-bond acceptors (Lipinski definition) is 5. The highest BCUT2D eigenvalue weighted by Crippen LogP contribution is 2.39. The minimum absolute atomic E-state index is 0.0173. The van der Waals surface area contributed by atoms with Crippen molar-refractivity contribution in [1.29, 1.82) is 0 Å². The van der Waals surface area contributed by atoms with E-state index < -0.39 is 0 Å². The van der Waals surface area contributed by atoms with E-state index in [2.05, 4.69) is 27.3 Å². The molecule has 1 aromatic carbocycles. The molecule has 2 aromatic heterocycles. The van der Waals surface area contributed by atoms with Gasteiger partial charge in [0.1, 0.15) is 5.69 Å². The van der Waals surface area contributed by atoms with Crippen molar-refractivity contribution in [2.24, 2.45) is 0 Å². The number of likely N-dealkylation sites (tertiary alicyclic amines) is 1. The fourth-order valence-electron chi connectivity index (χ4n) is 3.37. The Kier molecular flexibility index (Phi) is 4.01. The van der Waals surface area contributed by atoms with E-state index in [1.807, 2.05) is 29.2 Å². The van der Waals surface area contributed by atoms with Gasteiger partial charge in [-0.15, -0.1) is 0 Å². The fraction of sp³-hybridized carbons (Fsp3) is 0.263. The summed E-state index contributed by atoms with van der Waals surface area (Å²) in [7, 11) is 0. The molecule has 0 radical (unpaired) electrons. The summed E-state index contributed by atoms with van der Waals surface area (Å²) in [5, 5.41) is 3.92. The van der Waals surface area contributed by atoms with Gasteiger partial charge in [0.25, 0.3) is 5.91 Å². The van der Waals surface area contributed by atoms with Crippen molar-refractivity contribution in [3.8, 4) is 0 Å². The smallest absolute Gasteiger partial charge is 0.272 e. The highest BCUT2D eigenvalue weighted by atomic mass is 16.5. The van der Waals surface area contributed by atoms with Crippen molar-refractivity contribution in [3.63, 3.8) is 0 Å². The quantitative estimate of drug-likeness (QED) is 0.736. The Hall–Kier alpha value is -3.02. The molecule has 0 N–H and O–H groups in total. The molecule has 1 saturated heterocycles. The minimum atomic E-state index is -0.0692. The summed E-state index contributed by atoms with van der Waals surface area (Å²) in [6, 6.07) is 15.5. The van der Waals surface area contributed by atoms with E-state index in [-0.39, 0.29) is 17.7 Å². The lowest BCUT2D eigenvalue weighted by molar-refractivity contribution is 0.0782. The van der Waals surface area contributed by atoms with Crippen LogP contribution in [0.5, 0.6) is 0 Å².